The van der Waals surface area contributed by atoms with Crippen molar-refractivity contribution in [2.75, 3.05) is 0 Å². The average molecular weight is 461 g/mol. The smallest absolute Gasteiger partial charge is 0.309 e. The normalized spacial score (nSPS) is 11.3. The molecular weight excluding hydrogens is 432 g/mol. The van der Waals surface area contributed by atoms with Gasteiger partial charge in [-0.25, -0.2) is 0 Å². The van der Waals surface area contributed by atoms with E-state index in [1.807, 2.05) is 30.3 Å². The van der Waals surface area contributed by atoms with Gasteiger partial charge in [0, 0.05) is 36.3 Å². The van der Waals surface area contributed by atoms with Gasteiger partial charge in [0.15, 0.2) is 5.76 Å². The SMILES string of the molecule is CC(C)N(Cc1ccc(-c2ccco2)cc1)Cc1ccccc1OCc1cc(CC(=O)O)no1. The number of carbonyl (C=O) groups is 1. The molecule has 0 spiro atoms. The van der Waals surface area contributed by atoms with E-state index in [0.717, 1.165) is 29.2 Å². The van der Waals surface area contributed by atoms with E-state index >= 15 is 0 Å². The number of carboxylic acids is 1. The van der Waals surface area contributed by atoms with Crippen LogP contribution in [-0.4, -0.2) is 27.2 Å². The molecule has 0 aliphatic carbocycles. The molecule has 7 heteroatoms. The largest absolute Gasteiger partial charge is 0.485 e. The zero-order valence-corrected chi connectivity index (χ0v) is 19.3. The summed E-state index contributed by atoms with van der Waals surface area (Å²) >= 11 is 0. The molecule has 1 N–H and O–H groups in total. The number of aromatic nitrogens is 1. The molecule has 0 radical (unpaired) electrons. The first-order valence-electron chi connectivity index (χ1n) is 11.2. The summed E-state index contributed by atoms with van der Waals surface area (Å²) in [5.41, 5.74) is 3.72. The second-order valence-electron chi connectivity index (χ2n) is 8.42. The first-order valence-corrected chi connectivity index (χ1v) is 11.2. The van der Waals surface area contributed by atoms with Crippen molar-refractivity contribution in [3.8, 4) is 17.1 Å². The Balaban J connectivity index is 1.42. The fraction of sp³-hybridized carbons (Fsp3) is 0.259. The predicted octanol–water partition coefficient (Wildman–Crippen LogP) is 5.55. The van der Waals surface area contributed by atoms with Gasteiger partial charge in [0.1, 0.15) is 18.1 Å². The Kier molecular flexibility index (Phi) is 7.44. The molecular formula is C27H28N2O5. The number of hydrogen-bond donors (Lipinski definition) is 1. The Morgan fingerprint density at radius 3 is 2.56 bits per heavy atom. The minimum Gasteiger partial charge on any atom is -0.485 e. The Bertz CT molecular complexity index is 1200. The first-order chi connectivity index (χ1) is 16.5. The minimum absolute atomic E-state index is 0.175. The van der Waals surface area contributed by atoms with Crippen molar-refractivity contribution < 1.29 is 23.6 Å². The van der Waals surface area contributed by atoms with Crippen molar-refractivity contribution in [1.29, 1.82) is 0 Å². The summed E-state index contributed by atoms with van der Waals surface area (Å²) in [4.78, 5) is 13.2. The maximum Gasteiger partial charge on any atom is 0.309 e. The number of para-hydroxylation sites is 1. The van der Waals surface area contributed by atoms with E-state index in [1.165, 1.54) is 5.56 Å². The van der Waals surface area contributed by atoms with Crippen molar-refractivity contribution in [3.63, 3.8) is 0 Å². The number of hydrogen-bond acceptors (Lipinski definition) is 6. The van der Waals surface area contributed by atoms with Crippen LogP contribution in [0.25, 0.3) is 11.3 Å². The number of ether oxygens (including phenoxy) is 1. The molecule has 2 heterocycles. The van der Waals surface area contributed by atoms with Crippen LogP contribution in [0.2, 0.25) is 0 Å². The van der Waals surface area contributed by atoms with Gasteiger partial charge in [-0.3, -0.25) is 9.69 Å². The first kappa shape index (κ1) is 23.3. The summed E-state index contributed by atoms with van der Waals surface area (Å²) in [6, 6.07) is 22.1. The lowest BCUT2D eigenvalue weighted by Crippen LogP contribution is -2.30. The topological polar surface area (TPSA) is 88.9 Å². The van der Waals surface area contributed by atoms with Crippen molar-refractivity contribution >= 4 is 5.97 Å². The van der Waals surface area contributed by atoms with Gasteiger partial charge in [-0.2, -0.15) is 0 Å². The summed E-state index contributed by atoms with van der Waals surface area (Å²) in [5, 5.41) is 12.7. The van der Waals surface area contributed by atoms with Gasteiger partial charge in [0.2, 0.25) is 0 Å². The lowest BCUT2D eigenvalue weighted by atomic mass is 10.1. The van der Waals surface area contributed by atoms with Crippen LogP contribution in [-0.2, 0) is 30.9 Å². The highest BCUT2D eigenvalue weighted by Crippen LogP contribution is 2.25. The summed E-state index contributed by atoms with van der Waals surface area (Å²) in [6.07, 6.45) is 1.51. The predicted molar refractivity (Wildman–Crippen MR) is 127 cm³/mol. The van der Waals surface area contributed by atoms with Crippen LogP contribution < -0.4 is 4.74 Å². The quantitative estimate of drug-likeness (QED) is 0.314. The molecule has 0 saturated carbocycles. The van der Waals surface area contributed by atoms with E-state index in [9.17, 15) is 4.79 Å². The molecule has 2 aromatic carbocycles. The maximum absolute atomic E-state index is 10.8. The average Bonchev–Trinajstić information content (AvgIpc) is 3.50. The van der Waals surface area contributed by atoms with Gasteiger partial charge in [0.25, 0.3) is 0 Å². The number of aliphatic carboxylic acids is 1. The highest BCUT2D eigenvalue weighted by Gasteiger charge is 2.15. The van der Waals surface area contributed by atoms with Gasteiger partial charge < -0.3 is 18.8 Å². The van der Waals surface area contributed by atoms with Gasteiger partial charge in [0.05, 0.1) is 18.4 Å². The summed E-state index contributed by atoms with van der Waals surface area (Å²) in [7, 11) is 0. The van der Waals surface area contributed by atoms with Gasteiger partial charge in [-0.05, 0) is 37.6 Å². The van der Waals surface area contributed by atoms with E-state index in [-0.39, 0.29) is 13.0 Å². The maximum atomic E-state index is 10.8. The van der Waals surface area contributed by atoms with Crippen LogP contribution in [0.3, 0.4) is 0 Å². The number of carboxylic acid groups (broad SMARTS) is 1. The zero-order valence-electron chi connectivity index (χ0n) is 19.3. The Morgan fingerprint density at radius 2 is 1.85 bits per heavy atom. The van der Waals surface area contributed by atoms with Crippen LogP contribution in [0.5, 0.6) is 5.75 Å². The second-order valence-corrected chi connectivity index (χ2v) is 8.42. The Morgan fingerprint density at radius 1 is 1.06 bits per heavy atom. The van der Waals surface area contributed by atoms with Crippen LogP contribution >= 0.6 is 0 Å². The zero-order chi connectivity index (χ0) is 23.9. The second kappa shape index (κ2) is 10.9. The van der Waals surface area contributed by atoms with Crippen molar-refractivity contribution in [2.24, 2.45) is 0 Å². The molecule has 0 amide bonds. The standard InChI is InChI=1S/C27H28N2O5/c1-19(2)29(16-20-9-11-21(12-10-20)25-8-5-13-32-25)17-22-6-3-4-7-26(22)33-18-24-14-23(28-34-24)15-27(30)31/h3-14,19H,15-18H2,1-2H3,(H,30,31). The van der Waals surface area contributed by atoms with Crippen molar-refractivity contribution in [2.45, 2.75) is 46.0 Å². The molecule has 4 rings (SSSR count). The van der Waals surface area contributed by atoms with Crippen LogP contribution in [0.1, 0.15) is 36.4 Å². The number of nitrogens with zero attached hydrogens (tertiary/aromatic N) is 2. The molecule has 0 fully saturated rings. The monoisotopic (exact) mass is 460 g/mol. The third kappa shape index (κ3) is 6.14. The highest BCUT2D eigenvalue weighted by molar-refractivity contribution is 5.69. The third-order valence-corrected chi connectivity index (χ3v) is 5.53. The molecule has 0 bridgehead atoms. The van der Waals surface area contributed by atoms with Crippen LogP contribution in [0.4, 0.5) is 0 Å². The van der Waals surface area contributed by atoms with Gasteiger partial charge in [-0.1, -0.05) is 47.6 Å². The van der Waals surface area contributed by atoms with E-state index in [2.05, 4.69) is 54.2 Å². The molecule has 0 unspecified atom stereocenters. The molecule has 4 aromatic rings. The molecule has 0 saturated heterocycles. The van der Waals surface area contributed by atoms with Crippen molar-refractivity contribution in [1.82, 2.24) is 10.1 Å². The number of rotatable bonds is 11. The summed E-state index contributed by atoms with van der Waals surface area (Å²) in [5.74, 6) is 1.16. The summed E-state index contributed by atoms with van der Waals surface area (Å²) in [6.45, 7) is 6.05. The molecule has 2 aromatic heterocycles. The minimum atomic E-state index is -0.949. The van der Waals surface area contributed by atoms with E-state index < -0.39 is 5.97 Å². The van der Waals surface area contributed by atoms with Gasteiger partial charge >= 0.3 is 5.97 Å². The molecule has 7 nitrogen and oxygen atoms in total. The van der Waals surface area contributed by atoms with Crippen molar-refractivity contribution in [3.05, 3.63) is 95.6 Å². The van der Waals surface area contributed by atoms with E-state index in [1.54, 1.807) is 12.3 Å². The molecule has 0 aliphatic heterocycles. The molecule has 34 heavy (non-hydrogen) atoms. The fourth-order valence-electron chi connectivity index (χ4n) is 3.68. The van der Waals surface area contributed by atoms with Crippen LogP contribution in [0.15, 0.2) is 81.9 Å². The lowest BCUT2D eigenvalue weighted by Gasteiger charge is -2.27. The van der Waals surface area contributed by atoms with Gasteiger partial charge in [-0.15, -0.1) is 0 Å². The van der Waals surface area contributed by atoms with E-state index in [0.29, 0.717) is 24.0 Å². The molecule has 0 atom stereocenters. The molecule has 176 valence electrons. The van der Waals surface area contributed by atoms with E-state index in [4.69, 9.17) is 18.8 Å². The summed E-state index contributed by atoms with van der Waals surface area (Å²) < 4.78 is 16.7. The highest BCUT2D eigenvalue weighted by atomic mass is 16.5. The molecule has 0 aliphatic rings. The Labute approximate surface area is 198 Å². The number of benzene rings is 2. The Hall–Kier alpha value is -3.84. The lowest BCUT2D eigenvalue weighted by molar-refractivity contribution is -0.136. The fourth-order valence-corrected chi connectivity index (χ4v) is 3.68. The number of furan rings is 1. The van der Waals surface area contributed by atoms with Crippen LogP contribution in [0, 0.1) is 0 Å². The third-order valence-electron chi connectivity index (χ3n) is 5.53.